The molecule has 88 valence electrons. The first-order valence-corrected chi connectivity index (χ1v) is 5.30. The molecule has 0 aliphatic heterocycles. The third-order valence-corrected chi connectivity index (χ3v) is 2.33. The van der Waals surface area contributed by atoms with Crippen molar-refractivity contribution in [3.63, 3.8) is 0 Å². The topological polar surface area (TPSA) is 78.7 Å². The molecule has 2 rings (SSSR count). The fraction of sp³-hybridized carbons (Fsp3) is 0.0769. The van der Waals surface area contributed by atoms with E-state index in [0.29, 0.717) is 22.6 Å². The number of carbonyl (C=O) groups excluding carboxylic acids is 1. The average molecular weight is 238 g/mol. The number of nitriles is 1. The molecule has 0 aliphatic rings. The minimum Gasteiger partial charge on any atom is -0.305 e. The molecule has 18 heavy (non-hydrogen) atoms. The van der Waals surface area contributed by atoms with Crippen molar-refractivity contribution in [3.8, 4) is 6.07 Å². The van der Waals surface area contributed by atoms with E-state index in [1.807, 2.05) is 6.07 Å². The van der Waals surface area contributed by atoms with E-state index in [1.54, 1.807) is 37.4 Å². The average Bonchev–Trinajstić information content (AvgIpc) is 2.39. The third kappa shape index (κ3) is 2.50. The third-order valence-electron chi connectivity index (χ3n) is 2.33. The number of rotatable bonds is 2. The summed E-state index contributed by atoms with van der Waals surface area (Å²) in [5.74, 6) is 0.128. The fourth-order valence-corrected chi connectivity index (χ4v) is 1.49. The second kappa shape index (κ2) is 5.06. The summed E-state index contributed by atoms with van der Waals surface area (Å²) in [5.41, 5.74) is 1.38. The zero-order valence-electron chi connectivity index (χ0n) is 9.71. The largest absolute Gasteiger partial charge is 0.305 e. The van der Waals surface area contributed by atoms with Crippen LogP contribution in [0.5, 0.6) is 0 Å². The lowest BCUT2D eigenvalue weighted by Gasteiger charge is -2.05. The van der Waals surface area contributed by atoms with Crippen molar-refractivity contribution in [2.45, 2.75) is 6.92 Å². The Morgan fingerprint density at radius 2 is 2.22 bits per heavy atom. The molecule has 0 aliphatic carbocycles. The Kier molecular flexibility index (Phi) is 3.30. The Morgan fingerprint density at radius 1 is 1.39 bits per heavy atom. The van der Waals surface area contributed by atoms with Crippen molar-refractivity contribution in [3.05, 3.63) is 53.5 Å². The standard InChI is InChI=1S/C13H10N4O/c1-9-6-10(7-14)8-16-12(9)13(18)17-11-4-2-3-5-15-11/h2-6,8H,1H3,(H,15,17,18). The number of aromatic nitrogens is 2. The molecule has 0 atom stereocenters. The quantitative estimate of drug-likeness (QED) is 0.866. The van der Waals surface area contributed by atoms with Crippen LogP contribution >= 0.6 is 0 Å². The molecule has 2 aromatic rings. The van der Waals surface area contributed by atoms with E-state index in [0.717, 1.165) is 0 Å². The molecule has 1 amide bonds. The molecule has 2 heterocycles. The number of aryl methyl sites for hydroxylation is 1. The molecule has 0 bridgehead atoms. The normalized spacial score (nSPS) is 9.56. The van der Waals surface area contributed by atoms with Crippen LogP contribution < -0.4 is 5.32 Å². The van der Waals surface area contributed by atoms with Crippen LogP contribution in [0, 0.1) is 18.3 Å². The maximum Gasteiger partial charge on any atom is 0.275 e. The van der Waals surface area contributed by atoms with Gasteiger partial charge in [0.05, 0.1) is 5.56 Å². The van der Waals surface area contributed by atoms with Gasteiger partial charge in [-0.2, -0.15) is 5.26 Å². The smallest absolute Gasteiger partial charge is 0.275 e. The number of anilines is 1. The van der Waals surface area contributed by atoms with Crippen molar-refractivity contribution in [1.82, 2.24) is 9.97 Å². The Morgan fingerprint density at radius 3 is 2.83 bits per heavy atom. The van der Waals surface area contributed by atoms with Gasteiger partial charge in [0.25, 0.3) is 5.91 Å². The number of amides is 1. The minimum absolute atomic E-state index is 0.291. The zero-order chi connectivity index (χ0) is 13.0. The molecule has 0 saturated heterocycles. The SMILES string of the molecule is Cc1cc(C#N)cnc1C(=O)Nc1ccccn1. The second-order valence-electron chi connectivity index (χ2n) is 3.67. The molecule has 0 aromatic carbocycles. The van der Waals surface area contributed by atoms with E-state index >= 15 is 0 Å². The Hall–Kier alpha value is -2.74. The summed E-state index contributed by atoms with van der Waals surface area (Å²) >= 11 is 0. The van der Waals surface area contributed by atoms with Crippen molar-refractivity contribution >= 4 is 11.7 Å². The van der Waals surface area contributed by atoms with Crippen LogP contribution in [0.4, 0.5) is 5.82 Å². The molecule has 1 N–H and O–H groups in total. The van der Waals surface area contributed by atoms with Crippen molar-refractivity contribution in [2.24, 2.45) is 0 Å². The highest BCUT2D eigenvalue weighted by molar-refractivity contribution is 6.03. The van der Waals surface area contributed by atoms with Gasteiger partial charge in [-0.05, 0) is 30.7 Å². The van der Waals surface area contributed by atoms with E-state index in [-0.39, 0.29) is 5.91 Å². The molecule has 0 saturated carbocycles. The van der Waals surface area contributed by atoms with Gasteiger partial charge in [0.2, 0.25) is 0 Å². The lowest BCUT2D eigenvalue weighted by atomic mass is 10.1. The van der Waals surface area contributed by atoms with E-state index < -0.39 is 0 Å². The number of hydrogen-bond donors (Lipinski definition) is 1. The lowest BCUT2D eigenvalue weighted by Crippen LogP contribution is -2.16. The summed E-state index contributed by atoms with van der Waals surface area (Å²) in [5, 5.41) is 11.4. The fourth-order valence-electron chi connectivity index (χ4n) is 1.49. The molecular formula is C13H10N4O. The van der Waals surface area contributed by atoms with Crippen LogP contribution in [0.15, 0.2) is 36.7 Å². The highest BCUT2D eigenvalue weighted by Crippen LogP contribution is 2.09. The van der Waals surface area contributed by atoms with Crippen LogP contribution in [-0.2, 0) is 0 Å². The van der Waals surface area contributed by atoms with Gasteiger partial charge in [-0.3, -0.25) is 4.79 Å². The molecule has 0 unspecified atom stereocenters. The van der Waals surface area contributed by atoms with Gasteiger partial charge >= 0.3 is 0 Å². The van der Waals surface area contributed by atoms with E-state index in [9.17, 15) is 4.79 Å². The summed E-state index contributed by atoms with van der Waals surface area (Å²) in [4.78, 5) is 19.9. The van der Waals surface area contributed by atoms with Gasteiger partial charge in [0.1, 0.15) is 17.6 Å². The summed E-state index contributed by atoms with van der Waals surface area (Å²) in [7, 11) is 0. The van der Waals surface area contributed by atoms with E-state index in [2.05, 4.69) is 15.3 Å². The Balaban J connectivity index is 2.22. The number of nitrogens with zero attached hydrogens (tertiary/aromatic N) is 3. The molecule has 0 fully saturated rings. The number of nitrogens with one attached hydrogen (secondary N) is 1. The minimum atomic E-state index is -0.337. The van der Waals surface area contributed by atoms with Gasteiger partial charge in [-0.25, -0.2) is 9.97 Å². The molecule has 5 nitrogen and oxygen atoms in total. The summed E-state index contributed by atoms with van der Waals surface area (Å²) < 4.78 is 0. The van der Waals surface area contributed by atoms with Crippen LogP contribution in [0.2, 0.25) is 0 Å². The van der Waals surface area contributed by atoms with Gasteiger partial charge < -0.3 is 5.32 Å². The van der Waals surface area contributed by atoms with Crippen LogP contribution in [-0.4, -0.2) is 15.9 Å². The zero-order valence-corrected chi connectivity index (χ0v) is 9.71. The van der Waals surface area contributed by atoms with Crippen LogP contribution in [0.3, 0.4) is 0 Å². The van der Waals surface area contributed by atoms with E-state index in [1.165, 1.54) is 6.20 Å². The summed E-state index contributed by atoms with van der Waals surface area (Å²) in [6, 6.07) is 8.84. The van der Waals surface area contributed by atoms with Gasteiger partial charge in [-0.1, -0.05) is 6.07 Å². The van der Waals surface area contributed by atoms with Gasteiger partial charge in [0, 0.05) is 12.4 Å². The number of hydrogen-bond acceptors (Lipinski definition) is 4. The predicted molar refractivity (Wildman–Crippen MR) is 65.9 cm³/mol. The number of carbonyl (C=O) groups is 1. The van der Waals surface area contributed by atoms with E-state index in [4.69, 9.17) is 5.26 Å². The van der Waals surface area contributed by atoms with Crippen molar-refractivity contribution in [1.29, 1.82) is 5.26 Å². The maximum atomic E-state index is 11.9. The predicted octanol–water partition coefficient (Wildman–Crippen LogP) is 1.91. The lowest BCUT2D eigenvalue weighted by molar-refractivity contribution is 0.102. The highest BCUT2D eigenvalue weighted by Gasteiger charge is 2.11. The van der Waals surface area contributed by atoms with Gasteiger partial charge in [-0.15, -0.1) is 0 Å². The first-order chi connectivity index (χ1) is 8.70. The first-order valence-electron chi connectivity index (χ1n) is 5.30. The highest BCUT2D eigenvalue weighted by atomic mass is 16.1. The molecular weight excluding hydrogens is 228 g/mol. The van der Waals surface area contributed by atoms with Crippen molar-refractivity contribution < 1.29 is 4.79 Å². The molecule has 2 aromatic heterocycles. The monoisotopic (exact) mass is 238 g/mol. The van der Waals surface area contributed by atoms with Crippen LogP contribution in [0.25, 0.3) is 0 Å². The van der Waals surface area contributed by atoms with Gasteiger partial charge in [0.15, 0.2) is 0 Å². The summed E-state index contributed by atoms with van der Waals surface area (Å²) in [6.07, 6.45) is 2.97. The van der Waals surface area contributed by atoms with Crippen LogP contribution in [0.1, 0.15) is 21.6 Å². The second-order valence-corrected chi connectivity index (χ2v) is 3.67. The Labute approximate surface area is 104 Å². The first kappa shape index (κ1) is 11.7. The van der Waals surface area contributed by atoms with Crippen molar-refractivity contribution in [2.75, 3.05) is 5.32 Å². The molecule has 0 radical (unpaired) electrons. The molecule has 5 heteroatoms. The Bertz CT molecular complexity index is 617. The number of pyridine rings is 2. The molecule has 0 spiro atoms. The maximum absolute atomic E-state index is 11.9. The summed E-state index contributed by atoms with van der Waals surface area (Å²) in [6.45, 7) is 1.74.